The van der Waals surface area contributed by atoms with Crippen molar-refractivity contribution in [2.75, 3.05) is 12.5 Å². The van der Waals surface area contributed by atoms with E-state index in [1.165, 1.54) is 55.4 Å². The minimum Gasteiger partial charge on any atom is -0.497 e. The fraction of sp³-hybridized carbons (Fsp3) is 0.222. The zero-order valence-corrected chi connectivity index (χ0v) is 22.4. The molecule has 0 spiro atoms. The molecule has 0 bridgehead atoms. The fourth-order valence-corrected chi connectivity index (χ4v) is 4.94. The van der Waals surface area contributed by atoms with Crippen molar-refractivity contribution >= 4 is 23.3 Å². The van der Waals surface area contributed by atoms with Crippen molar-refractivity contribution in [3.05, 3.63) is 82.8 Å². The van der Waals surface area contributed by atoms with Gasteiger partial charge in [0.25, 0.3) is 5.91 Å². The van der Waals surface area contributed by atoms with Gasteiger partial charge in [0.2, 0.25) is 5.60 Å². The summed E-state index contributed by atoms with van der Waals surface area (Å²) in [6.45, 7) is 1.46. The van der Waals surface area contributed by atoms with Gasteiger partial charge in [0, 0.05) is 29.1 Å². The van der Waals surface area contributed by atoms with Gasteiger partial charge in [-0.1, -0.05) is 35.9 Å². The lowest BCUT2D eigenvalue weighted by molar-refractivity contribution is -0.246. The second-order valence-electron chi connectivity index (χ2n) is 9.40. The Balaban J connectivity index is 1.45. The zero-order chi connectivity index (χ0) is 30.6. The van der Waals surface area contributed by atoms with Crippen molar-refractivity contribution in [1.29, 1.82) is 0 Å². The van der Waals surface area contributed by atoms with E-state index in [2.05, 4.69) is 20.9 Å². The smallest absolute Gasteiger partial charge is 0.425 e. The van der Waals surface area contributed by atoms with Crippen molar-refractivity contribution in [2.45, 2.75) is 30.9 Å². The molecule has 220 valence electrons. The molecule has 1 aliphatic carbocycles. The predicted molar refractivity (Wildman–Crippen MR) is 139 cm³/mol. The van der Waals surface area contributed by atoms with Gasteiger partial charge in [0.15, 0.2) is 5.82 Å². The number of benzene rings is 2. The molecule has 4 aromatic rings. The van der Waals surface area contributed by atoms with E-state index >= 15 is 0 Å². The number of ether oxygens (including phenoxy) is 1. The second-order valence-corrected chi connectivity index (χ2v) is 9.81. The Labute approximate surface area is 238 Å². The van der Waals surface area contributed by atoms with Crippen molar-refractivity contribution in [2.24, 2.45) is 0 Å². The number of hydrogen-bond acceptors (Lipinski definition) is 6. The van der Waals surface area contributed by atoms with Gasteiger partial charge in [-0.3, -0.25) is 20.3 Å². The molecule has 1 aliphatic rings. The maximum absolute atomic E-state index is 14.3. The van der Waals surface area contributed by atoms with E-state index < -0.39 is 41.0 Å². The van der Waals surface area contributed by atoms with E-state index in [-0.39, 0.29) is 38.8 Å². The zero-order valence-electron chi connectivity index (χ0n) is 21.6. The molecule has 0 fully saturated rings. The van der Waals surface area contributed by atoms with Crippen LogP contribution in [0.4, 0.5) is 32.2 Å². The normalized spacial score (nSPS) is 16.9. The first-order chi connectivity index (χ1) is 19.7. The molecule has 1 amide bonds. The van der Waals surface area contributed by atoms with Crippen LogP contribution in [0.1, 0.15) is 29.7 Å². The third-order valence-electron chi connectivity index (χ3n) is 6.90. The minimum atomic E-state index is -5.05. The van der Waals surface area contributed by atoms with Gasteiger partial charge in [0.1, 0.15) is 11.8 Å². The van der Waals surface area contributed by atoms with Crippen LogP contribution in [0.5, 0.6) is 5.75 Å². The Hall–Kier alpha value is -4.30. The van der Waals surface area contributed by atoms with E-state index in [0.29, 0.717) is 17.8 Å². The Morgan fingerprint density at radius 2 is 1.79 bits per heavy atom. The molecule has 15 heteroatoms. The molecule has 2 aromatic carbocycles. The number of aromatic nitrogens is 3. The van der Waals surface area contributed by atoms with E-state index in [0.717, 1.165) is 6.07 Å². The van der Waals surface area contributed by atoms with Crippen molar-refractivity contribution < 1.29 is 41.0 Å². The molecule has 2 heterocycles. The molecule has 5 rings (SSSR count). The maximum atomic E-state index is 14.3. The standard InChI is InChI=1S/C27H20ClF6N5O3/c1-13(24(40)38-37-23-21(28)7-15(11-35-23)26(29,30)31)39-12-14(10-36-39)18-8-16(42-2)9-20-22(18)17-5-3-4-6-19(17)25(20,41)27(32,33)34/h3-13,41H,1-2H3,(H,35,37)(H,38,40). The van der Waals surface area contributed by atoms with Gasteiger partial charge in [-0.15, -0.1) is 0 Å². The number of methoxy groups -OCH3 is 1. The molecular formula is C27H20ClF6N5O3. The summed E-state index contributed by atoms with van der Waals surface area (Å²) in [4.78, 5) is 16.4. The van der Waals surface area contributed by atoms with Crippen LogP contribution in [0.2, 0.25) is 5.02 Å². The number of hydrazine groups is 1. The first-order valence-corrected chi connectivity index (χ1v) is 12.5. The molecule has 2 aromatic heterocycles. The number of hydrogen-bond donors (Lipinski definition) is 3. The molecule has 3 N–H and O–H groups in total. The Bertz CT molecular complexity index is 1690. The Kier molecular flexibility index (Phi) is 7.10. The average molecular weight is 612 g/mol. The molecule has 2 unspecified atom stereocenters. The molecule has 0 aliphatic heterocycles. The molecule has 0 radical (unpaired) electrons. The summed E-state index contributed by atoms with van der Waals surface area (Å²) in [5.41, 5.74) is 0.464. The van der Waals surface area contributed by atoms with Crippen LogP contribution in [0.3, 0.4) is 0 Å². The number of nitrogens with zero attached hydrogens (tertiary/aromatic N) is 3. The van der Waals surface area contributed by atoms with Crippen molar-refractivity contribution in [3.63, 3.8) is 0 Å². The largest absolute Gasteiger partial charge is 0.497 e. The van der Waals surface area contributed by atoms with Gasteiger partial charge in [-0.2, -0.15) is 31.4 Å². The highest BCUT2D eigenvalue weighted by Crippen LogP contribution is 2.58. The van der Waals surface area contributed by atoms with Gasteiger partial charge >= 0.3 is 12.4 Å². The molecule has 8 nitrogen and oxygen atoms in total. The predicted octanol–water partition coefficient (Wildman–Crippen LogP) is 6.11. The Morgan fingerprint density at radius 1 is 1.07 bits per heavy atom. The number of halogens is 7. The molecule has 0 saturated carbocycles. The van der Waals surface area contributed by atoms with E-state index in [1.807, 2.05) is 0 Å². The summed E-state index contributed by atoms with van der Waals surface area (Å²) in [7, 11) is 1.28. The van der Waals surface area contributed by atoms with Crippen molar-refractivity contribution in [3.8, 4) is 28.0 Å². The number of alkyl halides is 6. The van der Waals surface area contributed by atoms with E-state index in [4.69, 9.17) is 16.3 Å². The third kappa shape index (κ3) is 4.79. The number of pyridine rings is 1. The second kappa shape index (κ2) is 10.2. The van der Waals surface area contributed by atoms with Crippen molar-refractivity contribution in [1.82, 2.24) is 20.2 Å². The lowest BCUT2D eigenvalue weighted by atomic mass is 9.89. The van der Waals surface area contributed by atoms with Crippen LogP contribution in [0, 0.1) is 0 Å². The average Bonchev–Trinajstić information content (AvgIpc) is 3.53. The van der Waals surface area contributed by atoms with E-state index in [1.54, 1.807) is 6.07 Å². The van der Waals surface area contributed by atoms with Gasteiger partial charge < -0.3 is 9.84 Å². The van der Waals surface area contributed by atoms with Gasteiger partial charge in [-0.25, -0.2) is 4.98 Å². The number of aliphatic hydroxyl groups is 1. The lowest BCUT2D eigenvalue weighted by Gasteiger charge is -2.28. The number of carbonyl (C=O) groups is 1. The number of carbonyl (C=O) groups excluding carboxylic acids is 1. The number of fused-ring (bicyclic) bond motifs is 3. The topological polar surface area (TPSA) is 101 Å². The number of rotatable bonds is 6. The molecule has 0 saturated heterocycles. The van der Waals surface area contributed by atoms with Crippen LogP contribution in [-0.2, 0) is 16.6 Å². The van der Waals surface area contributed by atoms with Crippen LogP contribution in [0.25, 0.3) is 22.3 Å². The first kappa shape index (κ1) is 29.2. The summed E-state index contributed by atoms with van der Waals surface area (Å²) >= 11 is 5.85. The summed E-state index contributed by atoms with van der Waals surface area (Å²) in [6.07, 6.45) is -6.38. The number of amides is 1. The highest BCUT2D eigenvalue weighted by molar-refractivity contribution is 6.33. The summed E-state index contributed by atoms with van der Waals surface area (Å²) in [5, 5.41) is 14.9. The quantitative estimate of drug-likeness (QED) is 0.180. The van der Waals surface area contributed by atoms with Gasteiger partial charge in [-0.05, 0) is 41.8 Å². The SMILES string of the molecule is COc1cc(-c2cnn(C(C)C(=O)NNc3ncc(C(F)(F)F)cc3Cl)c2)c2c(c1)C(O)(C(F)(F)F)c1ccccc1-2. The van der Waals surface area contributed by atoms with Crippen LogP contribution in [0.15, 0.2) is 61.1 Å². The summed E-state index contributed by atoms with van der Waals surface area (Å²) in [6, 6.07) is 7.93. The summed E-state index contributed by atoms with van der Waals surface area (Å²) < 4.78 is 88.0. The fourth-order valence-electron chi connectivity index (χ4n) is 4.72. The number of nitrogens with one attached hydrogen (secondary N) is 2. The van der Waals surface area contributed by atoms with Crippen LogP contribution >= 0.6 is 11.6 Å². The lowest BCUT2D eigenvalue weighted by Crippen LogP contribution is -2.41. The summed E-state index contributed by atoms with van der Waals surface area (Å²) in [5.74, 6) is -0.855. The highest BCUT2D eigenvalue weighted by Gasteiger charge is 2.61. The molecule has 42 heavy (non-hydrogen) atoms. The monoisotopic (exact) mass is 611 g/mol. The van der Waals surface area contributed by atoms with Crippen LogP contribution in [-0.4, -0.2) is 39.1 Å². The van der Waals surface area contributed by atoms with Crippen LogP contribution < -0.4 is 15.6 Å². The van der Waals surface area contributed by atoms with E-state index in [9.17, 15) is 36.2 Å². The molecule has 2 atom stereocenters. The van der Waals surface area contributed by atoms with Gasteiger partial charge in [0.05, 0.1) is 23.9 Å². The highest BCUT2D eigenvalue weighted by atomic mass is 35.5. The minimum absolute atomic E-state index is 0.0582. The Morgan fingerprint density at radius 3 is 2.43 bits per heavy atom. The molecular weight excluding hydrogens is 592 g/mol. The third-order valence-corrected chi connectivity index (χ3v) is 7.18. The number of anilines is 1. The first-order valence-electron chi connectivity index (χ1n) is 12.1. The maximum Gasteiger partial charge on any atom is 0.425 e.